The summed E-state index contributed by atoms with van der Waals surface area (Å²) >= 11 is 0. The molecule has 0 spiro atoms. The molecule has 3 rings (SSSR count). The second kappa shape index (κ2) is 10.6. The van der Waals surface area contributed by atoms with Crippen molar-refractivity contribution in [3.63, 3.8) is 0 Å². The Morgan fingerprint density at radius 3 is 2.64 bits per heavy atom. The van der Waals surface area contributed by atoms with E-state index in [-0.39, 0.29) is 30.2 Å². The van der Waals surface area contributed by atoms with E-state index in [0.717, 1.165) is 11.3 Å². The number of nitrogens with one attached hydrogen (secondary N) is 3. The Hall–Kier alpha value is -3.20. The number of aliphatic hydroxyl groups is 1. The molecule has 33 heavy (non-hydrogen) atoms. The molecule has 3 heterocycles. The maximum atomic E-state index is 13.3. The lowest BCUT2D eigenvalue weighted by atomic mass is 10.1. The van der Waals surface area contributed by atoms with Crippen molar-refractivity contribution in [1.82, 2.24) is 15.3 Å². The summed E-state index contributed by atoms with van der Waals surface area (Å²) in [7, 11) is 1.65. The van der Waals surface area contributed by atoms with Crippen molar-refractivity contribution >= 4 is 23.8 Å². The van der Waals surface area contributed by atoms with Gasteiger partial charge in [0.15, 0.2) is 0 Å². The summed E-state index contributed by atoms with van der Waals surface area (Å²) in [5.41, 5.74) is 2.97. The van der Waals surface area contributed by atoms with E-state index in [4.69, 9.17) is 4.98 Å². The minimum atomic E-state index is -0.309. The van der Waals surface area contributed by atoms with Crippen molar-refractivity contribution in [2.45, 2.75) is 59.2 Å². The SMILES string of the molecule is C/N=C\c1c(C(=O)NCc2c(C)cc(C)[nH]c2=O)cc(N2CCC(O)CC2)nc1NC(C)C. The van der Waals surface area contributed by atoms with Crippen LogP contribution in [0.2, 0.25) is 0 Å². The molecule has 9 heteroatoms. The van der Waals surface area contributed by atoms with E-state index >= 15 is 0 Å². The lowest BCUT2D eigenvalue weighted by Crippen LogP contribution is -2.37. The van der Waals surface area contributed by atoms with E-state index in [9.17, 15) is 14.7 Å². The first-order valence-electron chi connectivity index (χ1n) is 11.3. The Balaban J connectivity index is 1.97. The van der Waals surface area contributed by atoms with Crippen molar-refractivity contribution in [2.24, 2.45) is 4.99 Å². The molecule has 1 aliphatic rings. The van der Waals surface area contributed by atoms with Crippen LogP contribution in [-0.2, 0) is 6.54 Å². The summed E-state index contributed by atoms with van der Waals surface area (Å²) in [5.74, 6) is 0.943. The summed E-state index contributed by atoms with van der Waals surface area (Å²) in [5, 5.41) is 16.1. The van der Waals surface area contributed by atoms with E-state index in [1.807, 2.05) is 33.8 Å². The molecule has 178 valence electrons. The molecule has 9 nitrogen and oxygen atoms in total. The van der Waals surface area contributed by atoms with Crippen molar-refractivity contribution in [3.8, 4) is 0 Å². The van der Waals surface area contributed by atoms with E-state index in [1.165, 1.54) is 0 Å². The smallest absolute Gasteiger partial charge is 0.253 e. The van der Waals surface area contributed by atoms with Crippen LogP contribution in [0.3, 0.4) is 0 Å². The fraction of sp³-hybridized carbons (Fsp3) is 0.500. The van der Waals surface area contributed by atoms with Gasteiger partial charge in [-0.15, -0.1) is 0 Å². The Morgan fingerprint density at radius 2 is 2.03 bits per heavy atom. The molecule has 0 aliphatic carbocycles. The molecule has 0 unspecified atom stereocenters. The molecule has 1 aliphatic heterocycles. The highest BCUT2D eigenvalue weighted by Crippen LogP contribution is 2.26. The monoisotopic (exact) mass is 454 g/mol. The number of aliphatic imine (C=N–C) groups is 1. The standard InChI is InChI=1S/C24H34N6O3/c1-14(2)27-22-20(12-25-5)18(11-21(29-22)30-8-6-17(31)7-9-30)23(32)26-13-19-15(3)10-16(4)28-24(19)33/h10-12,14,17,31H,6-9,13H2,1-5H3,(H,26,32)(H,27,29)(H,28,33)/b25-12-. The van der Waals surface area contributed by atoms with Crippen LogP contribution < -0.4 is 21.1 Å². The molecular formula is C24H34N6O3. The number of aromatic nitrogens is 2. The molecule has 4 N–H and O–H groups in total. The van der Waals surface area contributed by atoms with Crippen molar-refractivity contribution in [1.29, 1.82) is 0 Å². The van der Waals surface area contributed by atoms with Gasteiger partial charge in [-0.25, -0.2) is 4.98 Å². The zero-order chi connectivity index (χ0) is 24.1. The lowest BCUT2D eigenvalue weighted by molar-refractivity contribution is 0.0950. The zero-order valence-electron chi connectivity index (χ0n) is 20.0. The van der Waals surface area contributed by atoms with Gasteiger partial charge in [0.05, 0.1) is 11.7 Å². The van der Waals surface area contributed by atoms with E-state index in [0.29, 0.717) is 54.3 Å². The summed E-state index contributed by atoms with van der Waals surface area (Å²) in [4.78, 5) is 39.5. The van der Waals surface area contributed by atoms with Crippen LogP contribution in [0.1, 0.15) is 59.4 Å². The maximum absolute atomic E-state index is 13.3. The van der Waals surface area contributed by atoms with Gasteiger partial charge in [-0.2, -0.15) is 0 Å². The molecule has 1 fully saturated rings. The first kappa shape index (κ1) is 24.4. The van der Waals surface area contributed by atoms with E-state index < -0.39 is 0 Å². The highest BCUT2D eigenvalue weighted by molar-refractivity contribution is 6.05. The van der Waals surface area contributed by atoms with Gasteiger partial charge in [0, 0.05) is 55.8 Å². The second-order valence-electron chi connectivity index (χ2n) is 8.82. The van der Waals surface area contributed by atoms with Crippen LogP contribution in [-0.4, -0.2) is 59.5 Å². The molecule has 0 aromatic carbocycles. The van der Waals surface area contributed by atoms with Crippen LogP contribution in [0.15, 0.2) is 21.9 Å². The number of nitrogens with zero attached hydrogens (tertiary/aromatic N) is 3. The first-order chi connectivity index (χ1) is 15.7. The highest BCUT2D eigenvalue weighted by atomic mass is 16.3. The minimum Gasteiger partial charge on any atom is -0.393 e. The lowest BCUT2D eigenvalue weighted by Gasteiger charge is -2.31. The first-order valence-corrected chi connectivity index (χ1v) is 11.3. The van der Waals surface area contributed by atoms with Gasteiger partial charge < -0.3 is 25.6 Å². The Kier molecular flexibility index (Phi) is 7.86. The summed E-state index contributed by atoms with van der Waals surface area (Å²) < 4.78 is 0. The van der Waals surface area contributed by atoms with Gasteiger partial charge in [-0.05, 0) is 58.2 Å². The summed E-state index contributed by atoms with van der Waals surface area (Å²) in [6.07, 6.45) is 2.63. The van der Waals surface area contributed by atoms with E-state index in [1.54, 1.807) is 19.3 Å². The minimum absolute atomic E-state index is 0.101. The number of H-pyrrole nitrogens is 1. The Bertz CT molecular complexity index is 1080. The van der Waals surface area contributed by atoms with Gasteiger partial charge in [0.1, 0.15) is 11.6 Å². The maximum Gasteiger partial charge on any atom is 0.253 e. The number of aromatic amines is 1. The number of amides is 1. The predicted molar refractivity (Wildman–Crippen MR) is 132 cm³/mol. The van der Waals surface area contributed by atoms with Gasteiger partial charge >= 0.3 is 0 Å². The van der Waals surface area contributed by atoms with Crippen molar-refractivity contribution in [3.05, 3.63) is 50.4 Å². The molecular weight excluding hydrogens is 420 g/mol. The average Bonchev–Trinajstić information content (AvgIpc) is 2.74. The third-order valence-electron chi connectivity index (χ3n) is 5.68. The number of piperidine rings is 1. The topological polar surface area (TPSA) is 123 Å². The van der Waals surface area contributed by atoms with E-state index in [2.05, 4.69) is 25.5 Å². The largest absolute Gasteiger partial charge is 0.393 e. The number of carbonyl (C=O) groups excluding carboxylic acids is 1. The normalized spacial score (nSPS) is 14.8. The predicted octanol–water partition coefficient (Wildman–Crippen LogP) is 2.15. The summed E-state index contributed by atoms with van der Waals surface area (Å²) in [6, 6.07) is 3.75. The number of aliphatic hydroxyl groups excluding tert-OH is 1. The third kappa shape index (κ3) is 5.98. The van der Waals surface area contributed by atoms with Gasteiger partial charge in [0.2, 0.25) is 0 Å². The van der Waals surface area contributed by atoms with Crippen LogP contribution in [0.25, 0.3) is 0 Å². The molecule has 0 atom stereocenters. The van der Waals surface area contributed by atoms with Crippen molar-refractivity contribution in [2.75, 3.05) is 30.4 Å². The number of anilines is 2. The van der Waals surface area contributed by atoms with Crippen LogP contribution in [0.4, 0.5) is 11.6 Å². The molecule has 1 amide bonds. The number of rotatable bonds is 7. The number of carbonyl (C=O) groups is 1. The zero-order valence-corrected chi connectivity index (χ0v) is 20.0. The van der Waals surface area contributed by atoms with Gasteiger partial charge in [0.25, 0.3) is 11.5 Å². The second-order valence-corrected chi connectivity index (χ2v) is 8.82. The van der Waals surface area contributed by atoms with Crippen LogP contribution >= 0.6 is 0 Å². The molecule has 2 aromatic rings. The fourth-order valence-corrected chi connectivity index (χ4v) is 3.99. The highest BCUT2D eigenvalue weighted by Gasteiger charge is 2.23. The average molecular weight is 455 g/mol. The van der Waals surface area contributed by atoms with Crippen LogP contribution in [0, 0.1) is 13.8 Å². The van der Waals surface area contributed by atoms with Gasteiger partial charge in [-0.3, -0.25) is 14.6 Å². The number of hydrogen-bond acceptors (Lipinski definition) is 7. The fourth-order valence-electron chi connectivity index (χ4n) is 3.99. The number of aryl methyl sites for hydroxylation is 2. The molecule has 0 bridgehead atoms. The van der Waals surface area contributed by atoms with Crippen molar-refractivity contribution < 1.29 is 9.90 Å². The Labute approximate surface area is 194 Å². The summed E-state index contributed by atoms with van der Waals surface area (Å²) in [6.45, 7) is 9.14. The molecule has 0 saturated carbocycles. The number of hydrogen-bond donors (Lipinski definition) is 4. The van der Waals surface area contributed by atoms with Crippen LogP contribution in [0.5, 0.6) is 0 Å². The molecule has 0 radical (unpaired) electrons. The third-order valence-corrected chi connectivity index (χ3v) is 5.68. The number of pyridine rings is 2. The Morgan fingerprint density at radius 1 is 1.33 bits per heavy atom. The quantitative estimate of drug-likeness (QED) is 0.476. The molecule has 1 saturated heterocycles. The molecule has 2 aromatic heterocycles. The van der Waals surface area contributed by atoms with Gasteiger partial charge in [-0.1, -0.05) is 0 Å².